The predicted octanol–water partition coefficient (Wildman–Crippen LogP) is 5.43. The quantitative estimate of drug-likeness (QED) is 0.226. The fourth-order valence-corrected chi connectivity index (χ4v) is 5.97. The smallest absolute Gasteiger partial charge is 0.263 e. The summed E-state index contributed by atoms with van der Waals surface area (Å²) >= 11 is 7.64. The minimum Gasteiger partial charge on any atom is -0.493 e. The molecule has 0 bridgehead atoms. The second-order valence-electron chi connectivity index (χ2n) is 9.16. The third-order valence-corrected chi connectivity index (χ3v) is 8.26. The van der Waals surface area contributed by atoms with Crippen LogP contribution in [0, 0.1) is 5.82 Å². The van der Waals surface area contributed by atoms with Gasteiger partial charge in [0.1, 0.15) is 23.3 Å². The van der Waals surface area contributed by atoms with Gasteiger partial charge in [-0.1, -0.05) is 17.7 Å². The maximum absolute atomic E-state index is 14.0. The van der Waals surface area contributed by atoms with Crippen LogP contribution in [0.5, 0.6) is 11.5 Å². The molecule has 39 heavy (non-hydrogen) atoms. The number of carbonyl (C=O) groups excluding carboxylic acids is 1. The van der Waals surface area contributed by atoms with Crippen molar-refractivity contribution in [3.05, 3.63) is 85.5 Å². The molecule has 1 aliphatic rings. The van der Waals surface area contributed by atoms with Gasteiger partial charge in [0.05, 0.1) is 30.1 Å². The number of ether oxygens (including phenoxy) is 2. The van der Waals surface area contributed by atoms with Crippen LogP contribution < -0.4 is 20.5 Å². The van der Waals surface area contributed by atoms with Crippen LogP contribution in [-0.2, 0) is 24.2 Å². The number of benzene rings is 2. The Morgan fingerprint density at radius 1 is 1.28 bits per heavy atom. The number of methoxy groups -OCH3 is 1. The fourth-order valence-electron chi connectivity index (χ4n) is 4.53. The van der Waals surface area contributed by atoms with E-state index in [0.717, 1.165) is 36.1 Å². The Labute approximate surface area is 233 Å². The molecule has 1 aliphatic carbocycles. The number of amides is 1. The van der Waals surface area contributed by atoms with Crippen molar-refractivity contribution in [1.29, 1.82) is 0 Å². The maximum atomic E-state index is 14.0. The van der Waals surface area contributed by atoms with Gasteiger partial charge >= 0.3 is 0 Å². The summed E-state index contributed by atoms with van der Waals surface area (Å²) in [5.41, 5.74) is 4.24. The number of hydrogen-bond donors (Lipinski definition) is 1. The highest BCUT2D eigenvalue weighted by Crippen LogP contribution is 2.33. The van der Waals surface area contributed by atoms with E-state index in [1.807, 2.05) is 0 Å². The molecule has 2 aromatic carbocycles. The molecule has 4 aromatic rings. The van der Waals surface area contributed by atoms with Crippen LogP contribution in [-0.4, -0.2) is 28.8 Å². The number of nitrogens with one attached hydrogen (secondary N) is 1. The van der Waals surface area contributed by atoms with Crippen molar-refractivity contribution in [2.75, 3.05) is 7.11 Å². The van der Waals surface area contributed by atoms with Gasteiger partial charge in [-0.15, -0.1) is 11.3 Å². The zero-order valence-electron chi connectivity index (χ0n) is 21.4. The van der Waals surface area contributed by atoms with Crippen molar-refractivity contribution in [2.24, 2.45) is 5.10 Å². The first-order chi connectivity index (χ1) is 18.9. The lowest BCUT2D eigenvalue weighted by molar-refractivity contribution is -0.123. The highest BCUT2D eigenvalue weighted by Gasteiger charge is 2.23. The molecule has 1 atom stereocenters. The molecule has 0 fully saturated rings. The fraction of sp³-hybridized carbons (Fsp3) is 0.286. The van der Waals surface area contributed by atoms with E-state index >= 15 is 0 Å². The Bertz CT molecular complexity index is 1610. The third-order valence-electron chi connectivity index (χ3n) is 6.71. The first-order valence-electron chi connectivity index (χ1n) is 12.5. The van der Waals surface area contributed by atoms with Crippen molar-refractivity contribution in [2.45, 2.75) is 45.3 Å². The number of thiophene rings is 1. The Morgan fingerprint density at radius 2 is 2.10 bits per heavy atom. The molecule has 2 aromatic heterocycles. The van der Waals surface area contributed by atoms with Gasteiger partial charge in [0, 0.05) is 10.4 Å². The summed E-state index contributed by atoms with van der Waals surface area (Å²) in [4.78, 5) is 32.5. The number of nitrogens with zero attached hydrogens (tertiary/aromatic N) is 3. The average molecular weight is 569 g/mol. The van der Waals surface area contributed by atoms with Crippen molar-refractivity contribution in [3.8, 4) is 11.5 Å². The first-order valence-corrected chi connectivity index (χ1v) is 13.6. The third kappa shape index (κ3) is 5.53. The highest BCUT2D eigenvalue weighted by molar-refractivity contribution is 7.18. The van der Waals surface area contributed by atoms with Crippen LogP contribution in [0.15, 0.2) is 52.6 Å². The summed E-state index contributed by atoms with van der Waals surface area (Å²) in [6.07, 6.45) is 6.89. The lowest BCUT2D eigenvalue weighted by atomic mass is 9.97. The standard InChI is InChI=1S/C28H26ClFN4O4S/c1-16(34-15-31-27-25(28(34)36)18-6-3-4-9-24(18)39-27)26(35)33-32-13-17-10-11-22(23(12-17)37-2)38-14-19-20(29)7-5-8-21(19)30/h5,7-8,10-13,15-16H,3-4,6,9,14H2,1-2H3,(H,33,35)/b32-13-/t16-/m1/s1. The lowest BCUT2D eigenvalue weighted by Crippen LogP contribution is -2.34. The second kappa shape index (κ2) is 11.5. The van der Waals surface area contributed by atoms with E-state index in [4.69, 9.17) is 21.1 Å². The topological polar surface area (TPSA) is 94.8 Å². The number of fused-ring (bicyclic) bond motifs is 3. The number of aromatic nitrogens is 2. The first kappa shape index (κ1) is 26.8. The molecule has 0 radical (unpaired) electrons. The molecule has 0 unspecified atom stereocenters. The Hall–Kier alpha value is -3.76. The zero-order chi connectivity index (χ0) is 27.5. The number of halogens is 2. The van der Waals surface area contributed by atoms with Gasteiger partial charge in [-0.3, -0.25) is 14.2 Å². The summed E-state index contributed by atoms with van der Waals surface area (Å²) in [5.74, 6) is -0.115. The van der Waals surface area contributed by atoms with E-state index in [1.54, 1.807) is 42.5 Å². The van der Waals surface area contributed by atoms with E-state index in [9.17, 15) is 14.0 Å². The molecule has 0 aliphatic heterocycles. The second-order valence-corrected chi connectivity index (χ2v) is 10.6. The van der Waals surface area contributed by atoms with Crippen molar-refractivity contribution < 1.29 is 18.7 Å². The van der Waals surface area contributed by atoms with Crippen LogP contribution in [0.25, 0.3) is 10.2 Å². The van der Waals surface area contributed by atoms with Gasteiger partial charge in [-0.05, 0) is 74.1 Å². The number of carbonyl (C=O) groups is 1. The highest BCUT2D eigenvalue weighted by atomic mass is 35.5. The molecule has 202 valence electrons. The van der Waals surface area contributed by atoms with Gasteiger partial charge in [0.25, 0.3) is 11.5 Å². The number of rotatable bonds is 8. The summed E-state index contributed by atoms with van der Waals surface area (Å²) in [6, 6.07) is 8.66. The van der Waals surface area contributed by atoms with Crippen LogP contribution in [0.3, 0.4) is 0 Å². The van der Waals surface area contributed by atoms with Crippen LogP contribution in [0.4, 0.5) is 4.39 Å². The number of hydrogen-bond acceptors (Lipinski definition) is 7. The lowest BCUT2D eigenvalue weighted by Gasteiger charge is -2.14. The molecule has 1 N–H and O–H groups in total. The normalized spacial score (nSPS) is 13.8. The summed E-state index contributed by atoms with van der Waals surface area (Å²) in [6.45, 7) is 1.56. The van der Waals surface area contributed by atoms with Gasteiger partial charge in [0.2, 0.25) is 0 Å². The van der Waals surface area contributed by atoms with Gasteiger partial charge < -0.3 is 9.47 Å². The molecule has 8 nitrogen and oxygen atoms in total. The SMILES string of the molecule is COc1cc(/C=N\NC(=O)[C@@H](C)n2cnc3sc4c(c3c2=O)CCCC4)ccc1OCc1c(F)cccc1Cl. The van der Waals surface area contributed by atoms with E-state index in [1.165, 1.54) is 41.2 Å². The van der Waals surface area contributed by atoms with Gasteiger partial charge in [-0.25, -0.2) is 14.8 Å². The molecule has 5 rings (SSSR count). The van der Waals surface area contributed by atoms with E-state index in [2.05, 4.69) is 15.5 Å². The molecule has 0 spiro atoms. The minimum absolute atomic E-state index is 0.0720. The Balaban J connectivity index is 1.26. The average Bonchev–Trinajstić information content (AvgIpc) is 3.32. The monoisotopic (exact) mass is 568 g/mol. The van der Waals surface area contributed by atoms with Crippen LogP contribution in [0.2, 0.25) is 5.02 Å². The molecule has 0 saturated heterocycles. The van der Waals surface area contributed by atoms with E-state index < -0.39 is 17.8 Å². The zero-order valence-corrected chi connectivity index (χ0v) is 22.9. The van der Waals surface area contributed by atoms with Gasteiger partial charge in [0.15, 0.2) is 11.5 Å². The van der Waals surface area contributed by atoms with Crippen molar-refractivity contribution in [3.63, 3.8) is 0 Å². The van der Waals surface area contributed by atoms with E-state index in [0.29, 0.717) is 22.4 Å². The molecule has 0 saturated carbocycles. The number of hydrazone groups is 1. The van der Waals surface area contributed by atoms with E-state index in [-0.39, 0.29) is 22.8 Å². The number of aryl methyl sites for hydroxylation is 2. The Kier molecular flexibility index (Phi) is 7.94. The van der Waals surface area contributed by atoms with Crippen LogP contribution in [0.1, 0.15) is 47.4 Å². The summed E-state index contributed by atoms with van der Waals surface area (Å²) < 4.78 is 26.5. The molecule has 1 amide bonds. The van der Waals surface area contributed by atoms with Gasteiger partial charge in [-0.2, -0.15) is 5.10 Å². The molecule has 2 heterocycles. The van der Waals surface area contributed by atoms with Crippen LogP contribution >= 0.6 is 22.9 Å². The van der Waals surface area contributed by atoms with Crippen molar-refractivity contribution in [1.82, 2.24) is 15.0 Å². The minimum atomic E-state index is -0.804. The summed E-state index contributed by atoms with van der Waals surface area (Å²) in [5, 5.41) is 4.95. The summed E-state index contributed by atoms with van der Waals surface area (Å²) in [7, 11) is 1.48. The predicted molar refractivity (Wildman–Crippen MR) is 150 cm³/mol. The molecular weight excluding hydrogens is 543 g/mol. The van der Waals surface area contributed by atoms with Crippen molar-refractivity contribution >= 4 is 45.3 Å². The Morgan fingerprint density at radius 3 is 2.90 bits per heavy atom. The molecule has 11 heteroatoms. The largest absolute Gasteiger partial charge is 0.493 e. The maximum Gasteiger partial charge on any atom is 0.263 e. The molecular formula is C28H26ClFN4O4S.